The van der Waals surface area contributed by atoms with Crippen molar-refractivity contribution < 1.29 is 18.7 Å². The first-order valence-corrected chi connectivity index (χ1v) is 10.7. The molecule has 1 aromatic heterocycles. The molecule has 2 heterocycles. The molecule has 172 valence electrons. The third kappa shape index (κ3) is 4.52. The van der Waals surface area contributed by atoms with Gasteiger partial charge in [0.2, 0.25) is 17.6 Å². The van der Waals surface area contributed by atoms with E-state index in [4.69, 9.17) is 9.15 Å². The highest BCUT2D eigenvalue weighted by Gasteiger charge is 2.31. The van der Waals surface area contributed by atoms with Crippen LogP contribution in [0.25, 0.3) is 11.5 Å². The number of fused-ring (bicyclic) bond motifs is 1. The number of carbonyl (C=O) groups is 2. The van der Waals surface area contributed by atoms with Gasteiger partial charge in [-0.15, -0.1) is 10.2 Å². The first kappa shape index (κ1) is 22.7. The molecule has 3 aromatic rings. The molecule has 2 aromatic carbocycles. The molecule has 0 amide bonds. The number of ketones is 1. The van der Waals surface area contributed by atoms with Crippen LogP contribution in [-0.4, -0.2) is 42.7 Å². The maximum absolute atomic E-state index is 12.7. The van der Waals surface area contributed by atoms with Crippen molar-refractivity contribution in [2.24, 2.45) is 0 Å². The van der Waals surface area contributed by atoms with Gasteiger partial charge >= 0.3 is 5.97 Å². The molecular weight excluding hydrogens is 434 g/mol. The molecule has 0 N–H and O–H groups in total. The van der Waals surface area contributed by atoms with E-state index in [2.05, 4.69) is 10.2 Å². The van der Waals surface area contributed by atoms with Crippen molar-refractivity contribution in [3.05, 3.63) is 71.4 Å². The highest BCUT2D eigenvalue weighted by molar-refractivity contribution is 6.03. The number of Topliss-reactive ketones (excluding diaryl/α,β-unsaturated/α-hetero) is 1. The van der Waals surface area contributed by atoms with Crippen molar-refractivity contribution in [1.82, 2.24) is 10.2 Å². The zero-order valence-corrected chi connectivity index (χ0v) is 19.1. The summed E-state index contributed by atoms with van der Waals surface area (Å²) in [6.07, 6.45) is 0.144. The smallest absolute Gasteiger partial charge is 0.306 e. The number of para-hydroxylation sites is 2. The molecule has 0 fully saturated rings. The first-order valence-electron chi connectivity index (χ1n) is 10.7. The van der Waals surface area contributed by atoms with Crippen LogP contribution in [0.3, 0.4) is 0 Å². The normalized spacial score (nSPS) is 12.4. The quantitative estimate of drug-likeness (QED) is 0.299. The summed E-state index contributed by atoms with van der Waals surface area (Å²) in [5.41, 5.74) is 3.59. The van der Waals surface area contributed by atoms with E-state index in [1.54, 1.807) is 23.9 Å². The van der Waals surface area contributed by atoms with Gasteiger partial charge in [0.05, 0.1) is 17.8 Å². The van der Waals surface area contributed by atoms with Crippen molar-refractivity contribution in [2.45, 2.75) is 19.8 Å². The lowest BCUT2D eigenvalue weighted by molar-refractivity contribution is -0.147. The zero-order valence-electron chi connectivity index (χ0n) is 19.1. The molecule has 0 aliphatic carbocycles. The van der Waals surface area contributed by atoms with Crippen LogP contribution in [-0.2, 0) is 20.7 Å². The minimum Gasteiger partial charge on any atom is -0.457 e. The van der Waals surface area contributed by atoms with Crippen LogP contribution in [0.4, 0.5) is 11.4 Å². The van der Waals surface area contributed by atoms with Crippen LogP contribution >= 0.6 is 0 Å². The topological polar surface area (TPSA) is 113 Å². The fourth-order valence-corrected chi connectivity index (χ4v) is 3.72. The summed E-state index contributed by atoms with van der Waals surface area (Å²) in [7, 11) is 3.56. The Morgan fingerprint density at radius 3 is 2.29 bits per heavy atom. The Bertz CT molecular complexity index is 1270. The van der Waals surface area contributed by atoms with Gasteiger partial charge in [-0.1, -0.05) is 29.8 Å². The van der Waals surface area contributed by atoms with Crippen molar-refractivity contribution in [3.63, 3.8) is 0 Å². The number of esters is 1. The van der Waals surface area contributed by atoms with Crippen LogP contribution in [0, 0.1) is 18.3 Å². The Morgan fingerprint density at radius 1 is 1.03 bits per heavy atom. The molecule has 0 unspecified atom stereocenters. The summed E-state index contributed by atoms with van der Waals surface area (Å²) < 4.78 is 10.7. The molecule has 9 nitrogen and oxygen atoms in total. The van der Waals surface area contributed by atoms with E-state index in [1.165, 1.54) is 0 Å². The minimum atomic E-state index is -0.595. The maximum atomic E-state index is 12.7. The molecule has 0 bridgehead atoms. The lowest BCUT2D eigenvalue weighted by Gasteiger charge is -2.19. The number of rotatable bonds is 7. The molecular formula is C25H23N5O4. The highest BCUT2D eigenvalue weighted by Crippen LogP contribution is 2.40. The average molecular weight is 457 g/mol. The predicted molar refractivity (Wildman–Crippen MR) is 125 cm³/mol. The lowest BCUT2D eigenvalue weighted by atomic mass is 10.1. The first-order chi connectivity index (χ1) is 16.4. The molecule has 0 saturated heterocycles. The number of aromatic nitrogens is 2. The summed E-state index contributed by atoms with van der Waals surface area (Å²) in [6.45, 7) is 1.46. The molecule has 0 radical (unpaired) electrons. The molecule has 0 spiro atoms. The second-order valence-corrected chi connectivity index (χ2v) is 7.87. The number of anilines is 2. The maximum Gasteiger partial charge on any atom is 0.306 e. The summed E-state index contributed by atoms with van der Waals surface area (Å²) in [5, 5.41) is 17.6. The van der Waals surface area contributed by atoms with Crippen LogP contribution in [0.2, 0.25) is 0 Å². The van der Waals surface area contributed by atoms with Gasteiger partial charge < -0.3 is 19.0 Å². The lowest BCUT2D eigenvalue weighted by Crippen LogP contribution is -2.27. The standard InChI is InChI=1S/C25H23N5O4/c1-16-8-10-17(11-9-16)24-28-27-22(34-24)12-13-23(32)33-15-21(31)18(14-26)25-29(2)19-6-4-5-7-20(19)30(25)3/h4-11H,12-13,15H2,1-3H3. The number of hydrogen-bond donors (Lipinski definition) is 0. The van der Waals surface area contributed by atoms with Gasteiger partial charge in [0, 0.05) is 26.1 Å². The van der Waals surface area contributed by atoms with Gasteiger partial charge in [0.25, 0.3) is 0 Å². The molecule has 1 aliphatic heterocycles. The van der Waals surface area contributed by atoms with Gasteiger partial charge in [-0.25, -0.2) is 0 Å². The van der Waals surface area contributed by atoms with E-state index in [0.717, 1.165) is 22.5 Å². The zero-order chi connectivity index (χ0) is 24.2. The van der Waals surface area contributed by atoms with Gasteiger partial charge in [0.1, 0.15) is 17.5 Å². The van der Waals surface area contributed by atoms with Crippen LogP contribution in [0.5, 0.6) is 0 Å². The van der Waals surface area contributed by atoms with E-state index in [9.17, 15) is 14.9 Å². The number of nitrogens with zero attached hydrogens (tertiary/aromatic N) is 5. The van der Waals surface area contributed by atoms with Crippen molar-refractivity contribution in [3.8, 4) is 17.5 Å². The second kappa shape index (κ2) is 9.58. The SMILES string of the molecule is Cc1ccc(-c2nnc(CCC(=O)OCC(=O)C(C#N)=C3N(C)c4ccccc4N3C)o2)cc1. The summed E-state index contributed by atoms with van der Waals surface area (Å²) >= 11 is 0. The highest BCUT2D eigenvalue weighted by atomic mass is 16.5. The number of benzene rings is 2. The Hall–Kier alpha value is -4.45. The fraction of sp³-hybridized carbons (Fsp3) is 0.240. The number of ether oxygens (including phenoxy) is 1. The summed E-state index contributed by atoms with van der Waals surface area (Å²) in [5.74, 6) is -0.0570. The Morgan fingerprint density at radius 2 is 1.68 bits per heavy atom. The largest absolute Gasteiger partial charge is 0.457 e. The number of nitriles is 1. The number of hydrogen-bond acceptors (Lipinski definition) is 9. The average Bonchev–Trinajstić information content (AvgIpc) is 3.42. The van der Waals surface area contributed by atoms with Crippen LogP contribution in [0.1, 0.15) is 17.9 Å². The summed E-state index contributed by atoms with van der Waals surface area (Å²) in [6, 6.07) is 17.2. The monoisotopic (exact) mass is 457 g/mol. The predicted octanol–water partition coefficient (Wildman–Crippen LogP) is 3.41. The fourth-order valence-electron chi connectivity index (χ4n) is 3.72. The third-order valence-electron chi connectivity index (χ3n) is 5.53. The van der Waals surface area contributed by atoms with E-state index >= 15 is 0 Å². The van der Waals surface area contributed by atoms with E-state index in [-0.39, 0.29) is 18.4 Å². The van der Waals surface area contributed by atoms with Crippen molar-refractivity contribution in [1.29, 1.82) is 5.26 Å². The molecule has 0 atom stereocenters. The Kier molecular flexibility index (Phi) is 6.41. The second-order valence-electron chi connectivity index (χ2n) is 7.87. The molecule has 1 aliphatic rings. The molecule has 0 saturated carbocycles. The van der Waals surface area contributed by atoms with Crippen LogP contribution < -0.4 is 9.80 Å². The Labute approximate surface area is 196 Å². The molecule has 9 heteroatoms. The third-order valence-corrected chi connectivity index (χ3v) is 5.53. The minimum absolute atomic E-state index is 0.0352. The number of carbonyl (C=O) groups excluding carboxylic acids is 2. The molecule has 34 heavy (non-hydrogen) atoms. The van der Waals surface area contributed by atoms with Gasteiger partial charge in [-0.2, -0.15) is 5.26 Å². The van der Waals surface area contributed by atoms with E-state index in [0.29, 0.717) is 17.6 Å². The van der Waals surface area contributed by atoms with Gasteiger partial charge in [0.15, 0.2) is 6.61 Å². The van der Waals surface area contributed by atoms with Crippen LogP contribution in [0.15, 0.2) is 64.3 Å². The van der Waals surface area contributed by atoms with Crippen molar-refractivity contribution in [2.75, 3.05) is 30.5 Å². The molecule has 4 rings (SSSR count). The number of aryl methyl sites for hydroxylation is 2. The Balaban J connectivity index is 1.34. The van der Waals surface area contributed by atoms with Gasteiger partial charge in [-0.3, -0.25) is 9.59 Å². The van der Waals surface area contributed by atoms with E-state index in [1.807, 2.05) is 61.5 Å². The van der Waals surface area contributed by atoms with Gasteiger partial charge in [-0.05, 0) is 31.2 Å². The van der Waals surface area contributed by atoms with Crippen molar-refractivity contribution >= 4 is 23.1 Å². The van der Waals surface area contributed by atoms with E-state index < -0.39 is 18.4 Å². The summed E-state index contributed by atoms with van der Waals surface area (Å²) in [4.78, 5) is 28.5.